The van der Waals surface area contributed by atoms with E-state index in [0.29, 0.717) is 18.4 Å². The number of ketones is 1. The number of aromatic nitrogens is 2. The molecule has 0 saturated heterocycles. The van der Waals surface area contributed by atoms with Gasteiger partial charge in [-0.1, -0.05) is 12.1 Å². The molecule has 0 bridgehead atoms. The molecule has 1 aliphatic rings. The first kappa shape index (κ1) is 25.0. The molecule has 3 N–H and O–H groups in total. The second-order valence-electron chi connectivity index (χ2n) is 8.50. The molecule has 1 amide bonds. The minimum atomic E-state index is -4.62. The highest BCUT2D eigenvalue weighted by molar-refractivity contribution is 6.00. The Morgan fingerprint density at radius 3 is 2.28 bits per heavy atom. The fraction of sp³-hybridized carbons (Fsp3) is 0.280. The highest BCUT2D eigenvalue weighted by Gasteiger charge is 2.51. The number of benzene rings is 2. The number of alkyl halides is 3. The Morgan fingerprint density at radius 2 is 1.69 bits per heavy atom. The van der Waals surface area contributed by atoms with E-state index in [1.807, 2.05) is 0 Å². The summed E-state index contributed by atoms with van der Waals surface area (Å²) in [5, 5.41) is 2.83. The van der Waals surface area contributed by atoms with Crippen LogP contribution in [0, 0.1) is 5.41 Å². The lowest BCUT2D eigenvalue weighted by molar-refractivity contribution is -0.138. The fourth-order valence-corrected chi connectivity index (χ4v) is 3.65. The van der Waals surface area contributed by atoms with Gasteiger partial charge >= 0.3 is 6.18 Å². The summed E-state index contributed by atoms with van der Waals surface area (Å²) in [7, 11) is 1.28. The van der Waals surface area contributed by atoms with Crippen LogP contribution in [0.5, 0.6) is 17.2 Å². The Balaban J connectivity index is 1.35. The van der Waals surface area contributed by atoms with Crippen LogP contribution in [0.4, 0.5) is 19.1 Å². The first-order valence-corrected chi connectivity index (χ1v) is 11.0. The number of amides is 1. The van der Waals surface area contributed by atoms with E-state index in [2.05, 4.69) is 15.3 Å². The average molecular weight is 500 g/mol. The standard InChI is InChI=1S/C25H23F3N4O4/c1-35-18-6-7-21(19(10-18)25(26,27)28)36-17-4-2-15(3-5-17)12-30-22(34)24(8-9-24)11-20(33)16-13-31-23(29)32-14-16/h2-7,10,13-14H,8-9,11-12H2,1H3,(H,30,34)(H2,29,31,32). The van der Waals surface area contributed by atoms with Crippen LogP contribution >= 0.6 is 0 Å². The number of rotatable bonds is 9. The third-order valence-corrected chi connectivity index (χ3v) is 5.92. The lowest BCUT2D eigenvalue weighted by atomic mass is 9.95. The van der Waals surface area contributed by atoms with Gasteiger partial charge in [-0.15, -0.1) is 0 Å². The number of hydrogen-bond donors (Lipinski definition) is 2. The minimum Gasteiger partial charge on any atom is -0.497 e. The second-order valence-corrected chi connectivity index (χ2v) is 8.50. The zero-order chi connectivity index (χ0) is 25.9. The third kappa shape index (κ3) is 5.73. The van der Waals surface area contributed by atoms with E-state index in [9.17, 15) is 22.8 Å². The number of carbonyl (C=O) groups excluding carboxylic acids is 2. The molecular formula is C25H23F3N4O4. The van der Waals surface area contributed by atoms with Gasteiger partial charge in [-0.2, -0.15) is 13.2 Å². The zero-order valence-electron chi connectivity index (χ0n) is 19.3. The number of carbonyl (C=O) groups is 2. The Labute approximate surface area is 204 Å². The minimum absolute atomic E-state index is 0.0439. The van der Waals surface area contributed by atoms with Crippen LogP contribution in [0.25, 0.3) is 0 Å². The van der Waals surface area contributed by atoms with Crippen molar-refractivity contribution in [2.75, 3.05) is 12.8 Å². The molecule has 2 aromatic carbocycles. The molecule has 0 atom stereocenters. The molecule has 8 nitrogen and oxygen atoms in total. The molecule has 36 heavy (non-hydrogen) atoms. The molecule has 0 unspecified atom stereocenters. The van der Waals surface area contributed by atoms with E-state index in [0.717, 1.165) is 11.6 Å². The number of nitrogen functional groups attached to an aromatic ring is 1. The van der Waals surface area contributed by atoms with Gasteiger partial charge < -0.3 is 20.5 Å². The average Bonchev–Trinajstić information content (AvgIpc) is 3.64. The van der Waals surface area contributed by atoms with Crippen molar-refractivity contribution >= 4 is 17.6 Å². The van der Waals surface area contributed by atoms with E-state index in [4.69, 9.17) is 15.2 Å². The molecule has 0 aliphatic heterocycles. The van der Waals surface area contributed by atoms with Gasteiger partial charge in [0.15, 0.2) is 5.78 Å². The summed E-state index contributed by atoms with van der Waals surface area (Å²) in [6.07, 6.45) is -0.706. The summed E-state index contributed by atoms with van der Waals surface area (Å²) in [4.78, 5) is 32.9. The Hall–Kier alpha value is -4.15. The maximum atomic E-state index is 13.4. The number of ether oxygens (including phenoxy) is 2. The summed E-state index contributed by atoms with van der Waals surface area (Å²) >= 11 is 0. The molecule has 188 valence electrons. The summed E-state index contributed by atoms with van der Waals surface area (Å²) in [6.45, 7) is 0.191. The van der Waals surface area contributed by atoms with Crippen molar-refractivity contribution in [1.82, 2.24) is 15.3 Å². The lowest BCUT2D eigenvalue weighted by Gasteiger charge is -2.16. The Kier molecular flexibility index (Phi) is 6.82. The smallest absolute Gasteiger partial charge is 0.420 e. The normalized spacial score (nSPS) is 14.1. The van der Waals surface area contributed by atoms with Gasteiger partial charge in [-0.25, -0.2) is 9.97 Å². The predicted molar refractivity (Wildman–Crippen MR) is 123 cm³/mol. The number of Topliss-reactive ketones (excluding diaryl/α,β-unsaturated/α-hetero) is 1. The van der Waals surface area contributed by atoms with Crippen molar-refractivity contribution in [1.29, 1.82) is 0 Å². The van der Waals surface area contributed by atoms with Gasteiger partial charge in [0.2, 0.25) is 11.9 Å². The van der Waals surface area contributed by atoms with Crippen molar-refractivity contribution in [3.05, 3.63) is 71.5 Å². The zero-order valence-corrected chi connectivity index (χ0v) is 19.3. The number of nitrogens with zero attached hydrogens (tertiary/aromatic N) is 2. The van der Waals surface area contributed by atoms with Gasteiger partial charge in [-0.05, 0) is 48.7 Å². The molecule has 1 heterocycles. The van der Waals surface area contributed by atoms with Crippen molar-refractivity contribution in [2.24, 2.45) is 5.41 Å². The summed E-state index contributed by atoms with van der Waals surface area (Å²) in [6, 6.07) is 9.77. The quantitative estimate of drug-likeness (QED) is 0.414. The van der Waals surface area contributed by atoms with Crippen LogP contribution in [0.15, 0.2) is 54.9 Å². The SMILES string of the molecule is COc1ccc(Oc2ccc(CNC(=O)C3(CC(=O)c4cnc(N)nc4)CC3)cc2)c(C(F)(F)F)c1. The molecule has 0 radical (unpaired) electrons. The number of anilines is 1. The molecule has 1 saturated carbocycles. The second kappa shape index (κ2) is 9.84. The van der Waals surface area contributed by atoms with Gasteiger partial charge in [0, 0.05) is 25.4 Å². The molecular weight excluding hydrogens is 477 g/mol. The number of hydrogen-bond acceptors (Lipinski definition) is 7. The van der Waals surface area contributed by atoms with Gasteiger partial charge in [0.05, 0.1) is 18.1 Å². The van der Waals surface area contributed by atoms with E-state index >= 15 is 0 Å². The van der Waals surface area contributed by atoms with Crippen molar-refractivity contribution in [2.45, 2.75) is 32.0 Å². The number of methoxy groups -OCH3 is 1. The van der Waals surface area contributed by atoms with E-state index < -0.39 is 17.2 Å². The summed E-state index contributed by atoms with van der Waals surface area (Å²) < 4.78 is 50.5. The van der Waals surface area contributed by atoms with E-state index in [-0.39, 0.29) is 47.9 Å². The Morgan fingerprint density at radius 1 is 1.06 bits per heavy atom. The largest absolute Gasteiger partial charge is 0.497 e. The Bertz CT molecular complexity index is 1260. The van der Waals surface area contributed by atoms with Gasteiger partial charge in [0.1, 0.15) is 22.8 Å². The van der Waals surface area contributed by atoms with Gasteiger partial charge in [-0.3, -0.25) is 9.59 Å². The van der Waals surface area contributed by atoms with E-state index in [1.165, 1.54) is 43.8 Å². The number of nitrogens with one attached hydrogen (secondary N) is 1. The van der Waals surface area contributed by atoms with Crippen LogP contribution in [0.3, 0.4) is 0 Å². The number of nitrogens with two attached hydrogens (primary N) is 1. The van der Waals surface area contributed by atoms with E-state index in [1.54, 1.807) is 12.1 Å². The summed E-state index contributed by atoms with van der Waals surface area (Å²) in [5.41, 5.74) is 4.74. The molecule has 3 aromatic rings. The molecule has 1 aromatic heterocycles. The number of halogens is 3. The van der Waals surface area contributed by atoms with Crippen LogP contribution in [0.1, 0.15) is 40.7 Å². The molecule has 1 fully saturated rings. The molecule has 4 rings (SSSR count). The predicted octanol–water partition coefficient (Wildman–Crippen LogP) is 4.55. The topological polar surface area (TPSA) is 116 Å². The maximum Gasteiger partial charge on any atom is 0.420 e. The molecule has 1 aliphatic carbocycles. The first-order valence-electron chi connectivity index (χ1n) is 11.0. The van der Waals surface area contributed by atoms with Crippen LogP contribution in [-0.2, 0) is 17.5 Å². The highest BCUT2D eigenvalue weighted by Crippen LogP contribution is 2.49. The van der Waals surface area contributed by atoms with Crippen molar-refractivity contribution in [3.63, 3.8) is 0 Å². The molecule has 11 heteroatoms. The van der Waals surface area contributed by atoms with Crippen LogP contribution in [-0.4, -0.2) is 28.8 Å². The van der Waals surface area contributed by atoms with Crippen molar-refractivity contribution < 1.29 is 32.2 Å². The van der Waals surface area contributed by atoms with Gasteiger partial charge in [0.25, 0.3) is 0 Å². The van der Waals surface area contributed by atoms with Crippen molar-refractivity contribution in [3.8, 4) is 17.2 Å². The monoisotopic (exact) mass is 500 g/mol. The molecule has 0 spiro atoms. The summed E-state index contributed by atoms with van der Waals surface area (Å²) in [5.74, 6) is -0.488. The van der Waals surface area contributed by atoms with Crippen LogP contribution in [0.2, 0.25) is 0 Å². The fourth-order valence-electron chi connectivity index (χ4n) is 3.65. The first-order chi connectivity index (χ1) is 17.1. The third-order valence-electron chi connectivity index (χ3n) is 5.92. The highest BCUT2D eigenvalue weighted by atomic mass is 19.4. The lowest BCUT2D eigenvalue weighted by Crippen LogP contribution is -2.33. The maximum absolute atomic E-state index is 13.4. The van der Waals surface area contributed by atoms with Crippen LogP contribution < -0.4 is 20.5 Å².